The zero-order valence-electron chi connectivity index (χ0n) is 16.5. The molecule has 0 saturated heterocycles. The fraction of sp³-hybridized carbons (Fsp3) is 0.143. The lowest BCUT2D eigenvalue weighted by Crippen LogP contribution is -2.15. The number of aryl methyl sites for hydroxylation is 1. The molecule has 0 spiro atoms. The zero-order valence-corrected chi connectivity index (χ0v) is 18.2. The second-order valence-electron chi connectivity index (χ2n) is 6.50. The summed E-state index contributed by atoms with van der Waals surface area (Å²) in [5.74, 6) is 0.659. The van der Waals surface area contributed by atoms with Gasteiger partial charge in [-0.25, -0.2) is 18.4 Å². The molecule has 7 nitrogen and oxygen atoms in total. The van der Waals surface area contributed by atoms with E-state index in [0.717, 1.165) is 26.5 Å². The van der Waals surface area contributed by atoms with Crippen molar-refractivity contribution in [3.8, 4) is 22.1 Å². The maximum absolute atomic E-state index is 13.0. The fourth-order valence-corrected chi connectivity index (χ4v) is 5.22. The van der Waals surface area contributed by atoms with Crippen LogP contribution in [0, 0.1) is 6.92 Å². The topological polar surface area (TPSA) is 90.4 Å². The second-order valence-corrected chi connectivity index (χ2v) is 9.13. The highest BCUT2D eigenvalue weighted by Crippen LogP contribution is 2.33. The Morgan fingerprint density at radius 1 is 1.03 bits per heavy atom. The number of aromatic nitrogens is 2. The summed E-state index contributed by atoms with van der Waals surface area (Å²) in [7, 11) is -0.985. The van der Waals surface area contributed by atoms with E-state index in [4.69, 9.17) is 9.47 Å². The predicted octanol–water partition coefficient (Wildman–Crippen LogP) is 4.48. The maximum Gasteiger partial charge on any atom is 0.265 e. The third kappa shape index (κ3) is 3.81. The number of rotatable bonds is 6. The van der Waals surface area contributed by atoms with E-state index < -0.39 is 10.0 Å². The maximum atomic E-state index is 13.0. The Kier molecular flexibility index (Phi) is 5.31. The molecule has 0 aliphatic rings. The molecule has 9 heteroatoms. The Hall–Kier alpha value is -3.17. The third-order valence-corrected chi connectivity index (χ3v) is 6.96. The highest BCUT2D eigenvalue weighted by Gasteiger charge is 2.22. The van der Waals surface area contributed by atoms with E-state index in [-0.39, 0.29) is 10.6 Å². The zero-order chi connectivity index (χ0) is 21.3. The molecule has 4 aromatic rings. The van der Waals surface area contributed by atoms with Gasteiger partial charge < -0.3 is 9.47 Å². The lowest BCUT2D eigenvalue weighted by Gasteiger charge is -2.14. The molecule has 2 aromatic heterocycles. The van der Waals surface area contributed by atoms with Crippen LogP contribution in [0.3, 0.4) is 0 Å². The Labute approximate surface area is 178 Å². The van der Waals surface area contributed by atoms with Gasteiger partial charge in [0.1, 0.15) is 31.7 Å². The molecule has 0 radical (unpaired) electrons. The molecule has 0 unspecified atom stereocenters. The molecule has 0 fully saturated rings. The van der Waals surface area contributed by atoms with Crippen molar-refractivity contribution in [1.82, 2.24) is 9.97 Å². The van der Waals surface area contributed by atoms with Crippen LogP contribution in [0.5, 0.6) is 11.5 Å². The summed E-state index contributed by atoms with van der Waals surface area (Å²) in [6, 6.07) is 13.9. The molecule has 30 heavy (non-hydrogen) atoms. The number of ether oxygens (including phenoxy) is 2. The van der Waals surface area contributed by atoms with Crippen molar-refractivity contribution >= 4 is 37.4 Å². The molecule has 0 atom stereocenters. The Bertz CT molecular complexity index is 1300. The summed E-state index contributed by atoms with van der Waals surface area (Å²) in [5.41, 5.74) is 2.98. The lowest BCUT2D eigenvalue weighted by atomic mass is 10.1. The summed E-state index contributed by atoms with van der Waals surface area (Å²) in [4.78, 5) is 9.79. The molecular weight excluding hydrogens is 422 g/mol. The van der Waals surface area contributed by atoms with E-state index >= 15 is 0 Å². The van der Waals surface area contributed by atoms with E-state index in [1.807, 2.05) is 31.2 Å². The van der Waals surface area contributed by atoms with Gasteiger partial charge in [0, 0.05) is 17.8 Å². The smallest absolute Gasteiger partial charge is 0.265 e. The van der Waals surface area contributed by atoms with Crippen LogP contribution >= 0.6 is 11.3 Å². The number of thiazole rings is 1. The van der Waals surface area contributed by atoms with Crippen molar-refractivity contribution in [2.45, 2.75) is 11.8 Å². The van der Waals surface area contributed by atoms with Gasteiger partial charge in [0.05, 0.1) is 19.9 Å². The molecule has 0 saturated carbocycles. The van der Waals surface area contributed by atoms with E-state index in [1.165, 1.54) is 31.6 Å². The van der Waals surface area contributed by atoms with Crippen molar-refractivity contribution in [1.29, 1.82) is 0 Å². The molecule has 154 valence electrons. The summed E-state index contributed by atoms with van der Waals surface area (Å²) in [5, 5.41) is 0.829. The molecule has 0 bridgehead atoms. The molecule has 4 rings (SSSR count). The van der Waals surface area contributed by atoms with Gasteiger partial charge in [-0.1, -0.05) is 11.3 Å². The second kappa shape index (κ2) is 7.92. The summed E-state index contributed by atoms with van der Waals surface area (Å²) >= 11 is 1.49. The summed E-state index contributed by atoms with van der Waals surface area (Å²) in [6.45, 7) is 1.84. The van der Waals surface area contributed by atoms with E-state index in [2.05, 4.69) is 14.7 Å². The quantitative estimate of drug-likeness (QED) is 0.474. The first-order valence-electron chi connectivity index (χ1n) is 8.99. The lowest BCUT2D eigenvalue weighted by molar-refractivity contribution is 0.392. The normalized spacial score (nSPS) is 11.4. The number of hydrogen-bond donors (Lipinski definition) is 1. The minimum absolute atomic E-state index is 0.00470. The van der Waals surface area contributed by atoms with Crippen molar-refractivity contribution in [3.05, 3.63) is 60.3 Å². The van der Waals surface area contributed by atoms with E-state index in [0.29, 0.717) is 11.4 Å². The van der Waals surface area contributed by atoms with E-state index in [1.54, 1.807) is 24.4 Å². The third-order valence-electron chi connectivity index (χ3n) is 4.54. The van der Waals surface area contributed by atoms with Gasteiger partial charge >= 0.3 is 0 Å². The number of pyridine rings is 1. The monoisotopic (exact) mass is 441 g/mol. The SMILES string of the molecule is COc1ccc(OC)c(S(=O)(=O)Nc2ccc(-c3nc4cccnc4s3)cc2C)c1. The van der Waals surface area contributed by atoms with E-state index in [9.17, 15) is 8.42 Å². The first kappa shape index (κ1) is 20.1. The van der Waals surface area contributed by atoms with Crippen LogP contribution in [0.25, 0.3) is 20.9 Å². The number of anilines is 1. The van der Waals surface area contributed by atoms with Gasteiger partial charge in [0.15, 0.2) is 0 Å². The van der Waals surface area contributed by atoms with Gasteiger partial charge in [-0.15, -0.1) is 0 Å². The van der Waals surface area contributed by atoms with Gasteiger partial charge in [-0.3, -0.25) is 4.72 Å². The van der Waals surface area contributed by atoms with Crippen molar-refractivity contribution in [2.24, 2.45) is 0 Å². The predicted molar refractivity (Wildman–Crippen MR) is 118 cm³/mol. The Balaban J connectivity index is 1.67. The van der Waals surface area contributed by atoms with Gasteiger partial charge in [0.2, 0.25) is 0 Å². The van der Waals surface area contributed by atoms with Gasteiger partial charge in [-0.05, 0) is 55.0 Å². The van der Waals surface area contributed by atoms with Crippen molar-refractivity contribution in [2.75, 3.05) is 18.9 Å². The minimum atomic E-state index is -3.89. The van der Waals surface area contributed by atoms with Gasteiger partial charge in [-0.2, -0.15) is 0 Å². The number of nitrogens with zero attached hydrogens (tertiary/aromatic N) is 2. The average Bonchev–Trinajstić information content (AvgIpc) is 3.19. The summed E-state index contributed by atoms with van der Waals surface area (Å²) < 4.78 is 39.0. The first-order valence-corrected chi connectivity index (χ1v) is 11.3. The van der Waals surface area contributed by atoms with Crippen molar-refractivity contribution < 1.29 is 17.9 Å². The minimum Gasteiger partial charge on any atom is -0.497 e. The molecular formula is C21H19N3O4S2. The Morgan fingerprint density at radius 3 is 2.57 bits per heavy atom. The first-order chi connectivity index (χ1) is 14.4. The van der Waals surface area contributed by atoms with Crippen LogP contribution in [-0.2, 0) is 10.0 Å². The number of benzene rings is 2. The number of hydrogen-bond acceptors (Lipinski definition) is 7. The molecule has 0 aliphatic heterocycles. The standard InChI is InChI=1S/C21H19N3O4S2/c1-13-11-14(20-23-17-5-4-10-22-21(17)29-20)6-8-16(13)24-30(25,26)19-12-15(27-2)7-9-18(19)28-3/h4-12,24H,1-3H3. The summed E-state index contributed by atoms with van der Waals surface area (Å²) in [6.07, 6.45) is 1.74. The largest absolute Gasteiger partial charge is 0.497 e. The molecule has 2 heterocycles. The van der Waals surface area contributed by atoms with Crippen LogP contribution in [-0.4, -0.2) is 32.6 Å². The van der Waals surface area contributed by atoms with Gasteiger partial charge in [0.25, 0.3) is 10.0 Å². The van der Waals surface area contributed by atoms with Crippen LogP contribution in [0.4, 0.5) is 5.69 Å². The molecule has 1 N–H and O–H groups in total. The number of nitrogens with one attached hydrogen (secondary N) is 1. The molecule has 0 amide bonds. The van der Waals surface area contributed by atoms with Crippen LogP contribution < -0.4 is 14.2 Å². The highest BCUT2D eigenvalue weighted by atomic mass is 32.2. The van der Waals surface area contributed by atoms with Crippen LogP contribution in [0.1, 0.15) is 5.56 Å². The molecule has 2 aromatic carbocycles. The van der Waals surface area contributed by atoms with Crippen LogP contribution in [0.2, 0.25) is 0 Å². The molecule has 0 aliphatic carbocycles. The highest BCUT2D eigenvalue weighted by molar-refractivity contribution is 7.92. The Morgan fingerprint density at radius 2 is 1.87 bits per heavy atom. The average molecular weight is 442 g/mol. The van der Waals surface area contributed by atoms with Crippen LogP contribution in [0.15, 0.2) is 59.6 Å². The number of fused-ring (bicyclic) bond motifs is 1. The fourth-order valence-electron chi connectivity index (χ4n) is 3.00. The number of methoxy groups -OCH3 is 2. The number of sulfonamides is 1. The van der Waals surface area contributed by atoms with Crippen molar-refractivity contribution in [3.63, 3.8) is 0 Å².